The van der Waals surface area contributed by atoms with Crippen molar-refractivity contribution in [3.63, 3.8) is 0 Å². The molecule has 4 heterocycles. The lowest BCUT2D eigenvalue weighted by Gasteiger charge is -2.58. The summed E-state index contributed by atoms with van der Waals surface area (Å²) < 4.78 is 46.6. The fourth-order valence-electron chi connectivity index (χ4n) is 14.1. The molecule has 4 saturated heterocycles. The first-order valence-electron chi connectivity index (χ1n) is 26.1. The van der Waals surface area contributed by atoms with Crippen molar-refractivity contribution in [2.75, 3.05) is 26.4 Å². The van der Waals surface area contributed by atoms with Crippen LogP contribution in [0.2, 0.25) is 0 Å². The van der Waals surface area contributed by atoms with Gasteiger partial charge in [0.25, 0.3) is 0 Å². The summed E-state index contributed by atoms with van der Waals surface area (Å²) in [6, 6.07) is 0. The average Bonchev–Trinajstić information content (AvgIpc) is 3.63. The number of hydrogen-bond donors (Lipinski definition) is 13. The second kappa shape index (κ2) is 22.9. The van der Waals surface area contributed by atoms with Crippen LogP contribution in [-0.2, 0) is 42.7 Å². The van der Waals surface area contributed by atoms with Gasteiger partial charge in [-0.1, -0.05) is 39.3 Å². The van der Waals surface area contributed by atoms with Gasteiger partial charge in [-0.3, -0.25) is 4.79 Å². The number of allylic oxidation sites excluding steroid dienone is 1. The standard InChI is InChI=1S/C50H82O22/c1-20(18-65-45-41(63)37(59)36(58)31(16-51)69-45)6-9-28(53)21(2)33-29(54)15-27-25-8-7-23-14-24(10-12-49(23,4)26(25)11-13-50(27,33)5)68-47-42(64)39(61)43(32(17-52)70-47)71-48-44(38(60)34(56)22(3)67-48)72-46-40(62)35(57)30(55)19-66-46/h7,20-22,24-27,29-48,51-52,54-64H,6,8-19H2,1-5H3/t20-,21-,22+,24+,25-,26+,27+,29-,30-,31-,32-,33+,34+,35+,36-,37+,38-,39-,40-,41-,42-,43-,44-,45+,46+,47-,48+,49+,50+/m1/s1. The van der Waals surface area contributed by atoms with Gasteiger partial charge in [0.2, 0.25) is 0 Å². The van der Waals surface area contributed by atoms with E-state index in [0.29, 0.717) is 37.5 Å². The largest absolute Gasteiger partial charge is 0.394 e. The number of fused-ring (bicyclic) bond motifs is 5. The Morgan fingerprint density at radius 3 is 2.06 bits per heavy atom. The van der Waals surface area contributed by atoms with Gasteiger partial charge in [-0.05, 0) is 98.7 Å². The molecule has 7 fully saturated rings. The summed E-state index contributed by atoms with van der Waals surface area (Å²) in [6.07, 6.45) is -21.0. The molecule has 0 amide bonds. The van der Waals surface area contributed by atoms with Crippen molar-refractivity contribution < 1.29 is 109 Å². The van der Waals surface area contributed by atoms with Crippen LogP contribution in [0.5, 0.6) is 0 Å². The van der Waals surface area contributed by atoms with Gasteiger partial charge in [-0.15, -0.1) is 0 Å². The Morgan fingerprint density at radius 2 is 1.35 bits per heavy atom. The van der Waals surface area contributed by atoms with E-state index >= 15 is 0 Å². The topological polar surface area (TPSA) is 354 Å². The Hall–Kier alpha value is -1.43. The van der Waals surface area contributed by atoms with E-state index in [1.807, 2.05) is 13.8 Å². The van der Waals surface area contributed by atoms with Crippen molar-refractivity contribution in [3.8, 4) is 0 Å². The van der Waals surface area contributed by atoms with Gasteiger partial charge < -0.3 is 104 Å². The molecule has 0 aromatic heterocycles. The van der Waals surface area contributed by atoms with Gasteiger partial charge in [0, 0.05) is 12.3 Å². The molecule has 4 aliphatic carbocycles. The Kier molecular flexibility index (Phi) is 18.0. The fourth-order valence-corrected chi connectivity index (χ4v) is 14.1. The number of carbonyl (C=O) groups is 1. The molecule has 8 rings (SSSR count). The molecule has 0 radical (unpaired) electrons. The molecule has 0 aromatic carbocycles. The number of ketones is 1. The zero-order valence-electron chi connectivity index (χ0n) is 41.8. The number of ether oxygens (including phenoxy) is 8. The number of rotatable bonds is 16. The predicted molar refractivity (Wildman–Crippen MR) is 245 cm³/mol. The molecule has 22 nitrogen and oxygen atoms in total. The van der Waals surface area contributed by atoms with Crippen LogP contribution in [0, 0.1) is 46.3 Å². The van der Waals surface area contributed by atoms with Crippen LogP contribution in [0.4, 0.5) is 0 Å². The summed E-state index contributed by atoms with van der Waals surface area (Å²) in [5.74, 6) is 0.172. The Balaban J connectivity index is 0.854. The highest BCUT2D eigenvalue weighted by Gasteiger charge is 2.63. The van der Waals surface area contributed by atoms with Crippen molar-refractivity contribution in [2.45, 2.75) is 221 Å². The van der Waals surface area contributed by atoms with E-state index in [1.165, 1.54) is 12.5 Å². The summed E-state index contributed by atoms with van der Waals surface area (Å²) in [6.45, 7) is 8.30. The third kappa shape index (κ3) is 10.8. The molecule has 3 saturated carbocycles. The molecule has 4 aliphatic heterocycles. The van der Waals surface area contributed by atoms with Gasteiger partial charge in [-0.2, -0.15) is 0 Å². The summed E-state index contributed by atoms with van der Waals surface area (Å²) >= 11 is 0. The number of Topliss-reactive ketones (excluding diaryl/α,β-unsaturated/α-hetero) is 1. The highest BCUT2D eigenvalue weighted by Crippen LogP contribution is 2.67. The van der Waals surface area contributed by atoms with Gasteiger partial charge in [0.05, 0.1) is 44.7 Å². The van der Waals surface area contributed by atoms with Crippen molar-refractivity contribution in [3.05, 3.63) is 11.6 Å². The number of carbonyl (C=O) groups excluding carboxylic acids is 1. The molecule has 0 spiro atoms. The maximum absolute atomic E-state index is 13.9. The van der Waals surface area contributed by atoms with Crippen LogP contribution in [0.1, 0.15) is 92.4 Å². The van der Waals surface area contributed by atoms with Crippen LogP contribution in [0.3, 0.4) is 0 Å². The fraction of sp³-hybridized carbons (Fsp3) is 0.940. The first-order chi connectivity index (χ1) is 34.0. The third-order valence-corrected chi connectivity index (χ3v) is 18.5. The van der Waals surface area contributed by atoms with E-state index in [2.05, 4.69) is 19.9 Å². The highest BCUT2D eigenvalue weighted by molar-refractivity contribution is 5.81. The van der Waals surface area contributed by atoms with Crippen molar-refractivity contribution in [1.29, 1.82) is 0 Å². The lowest BCUT2D eigenvalue weighted by molar-refractivity contribution is -0.382. The minimum atomic E-state index is -1.75. The normalized spacial score (nSPS) is 51.6. The molecule has 29 atom stereocenters. The number of aliphatic hydroxyl groups excluding tert-OH is 13. The SMILES string of the molecule is C[C@H](CCC(=O)[C@@H](C)[C@H]1[C@H](O)C[C@H]2[C@@H]3CC=C4C[C@@H](O[C@@H]5O[C@H](CO)[C@@H](O[C@@H]6O[C@@H](C)[C@H](O)[C@@H](O)[C@H]6O[C@@H]6OC[C@@H](O)[C@H](O)[C@H]6O)[C@H](O)[C@H]5O)CC[C@]4(C)[C@H]3CC[C@]12C)CO[C@H]1O[C@H](CO)[C@@H](O)[C@H](O)[C@H]1O. The van der Waals surface area contributed by atoms with Crippen LogP contribution in [-0.4, -0.2) is 228 Å². The molecule has 22 heteroatoms. The Bertz CT molecular complexity index is 1840. The van der Waals surface area contributed by atoms with E-state index < -0.39 is 149 Å². The number of hydrogen-bond acceptors (Lipinski definition) is 22. The number of aliphatic hydroxyl groups is 13. The minimum Gasteiger partial charge on any atom is -0.394 e. The third-order valence-electron chi connectivity index (χ3n) is 18.5. The average molecular weight is 1040 g/mol. The van der Waals surface area contributed by atoms with Gasteiger partial charge in [0.1, 0.15) is 91.2 Å². The zero-order valence-corrected chi connectivity index (χ0v) is 41.8. The summed E-state index contributed by atoms with van der Waals surface area (Å²) in [7, 11) is 0. The van der Waals surface area contributed by atoms with Crippen LogP contribution < -0.4 is 0 Å². The van der Waals surface area contributed by atoms with E-state index in [0.717, 1.165) is 25.7 Å². The monoisotopic (exact) mass is 1030 g/mol. The Morgan fingerprint density at radius 1 is 0.694 bits per heavy atom. The molecular formula is C50H82O22. The van der Waals surface area contributed by atoms with Crippen LogP contribution in [0.25, 0.3) is 0 Å². The second-order valence-corrected chi connectivity index (χ2v) is 22.9. The summed E-state index contributed by atoms with van der Waals surface area (Å²) in [5, 5.41) is 137. The van der Waals surface area contributed by atoms with Crippen molar-refractivity contribution >= 4 is 5.78 Å². The molecular weight excluding hydrogens is 953 g/mol. The molecule has 414 valence electrons. The molecule has 0 unspecified atom stereocenters. The van der Waals surface area contributed by atoms with Crippen LogP contribution in [0.15, 0.2) is 11.6 Å². The van der Waals surface area contributed by atoms with E-state index in [9.17, 15) is 71.2 Å². The molecule has 13 N–H and O–H groups in total. The van der Waals surface area contributed by atoms with E-state index in [4.69, 9.17) is 37.9 Å². The summed E-state index contributed by atoms with van der Waals surface area (Å²) in [5.41, 5.74) is 0.819. The lowest BCUT2D eigenvalue weighted by Crippen LogP contribution is -2.66. The van der Waals surface area contributed by atoms with Gasteiger partial charge >= 0.3 is 0 Å². The smallest absolute Gasteiger partial charge is 0.187 e. The van der Waals surface area contributed by atoms with Gasteiger partial charge in [-0.25, -0.2) is 0 Å². The van der Waals surface area contributed by atoms with Crippen LogP contribution >= 0.6 is 0 Å². The summed E-state index contributed by atoms with van der Waals surface area (Å²) in [4.78, 5) is 13.9. The maximum atomic E-state index is 13.9. The molecule has 8 aliphatic rings. The first-order valence-corrected chi connectivity index (χ1v) is 26.1. The van der Waals surface area contributed by atoms with E-state index in [1.54, 1.807) is 0 Å². The molecule has 72 heavy (non-hydrogen) atoms. The second-order valence-electron chi connectivity index (χ2n) is 22.9. The van der Waals surface area contributed by atoms with Crippen molar-refractivity contribution in [2.24, 2.45) is 46.3 Å². The molecule has 0 bridgehead atoms. The Labute approximate surface area is 419 Å². The highest BCUT2D eigenvalue weighted by atomic mass is 16.8. The first kappa shape index (κ1) is 56.8. The quantitative estimate of drug-likeness (QED) is 0.0709. The van der Waals surface area contributed by atoms with Crippen molar-refractivity contribution in [1.82, 2.24) is 0 Å². The van der Waals surface area contributed by atoms with Gasteiger partial charge in [0.15, 0.2) is 25.2 Å². The minimum absolute atomic E-state index is 0.0652. The zero-order chi connectivity index (χ0) is 52.3. The molecule has 0 aromatic rings. The predicted octanol–water partition coefficient (Wildman–Crippen LogP) is -2.53. The van der Waals surface area contributed by atoms with E-state index in [-0.39, 0.29) is 53.3 Å². The lowest BCUT2D eigenvalue weighted by atomic mass is 9.47. The maximum Gasteiger partial charge on any atom is 0.187 e.